The van der Waals surface area contributed by atoms with Gasteiger partial charge in [0.25, 0.3) is 0 Å². The maximum atomic E-state index is 14.2. The Morgan fingerprint density at radius 3 is 2.53 bits per heavy atom. The van der Waals surface area contributed by atoms with Crippen LogP contribution in [0.2, 0.25) is 0 Å². The van der Waals surface area contributed by atoms with Crippen LogP contribution in [-0.4, -0.2) is 50.5 Å². The van der Waals surface area contributed by atoms with E-state index >= 15 is 0 Å². The second-order valence-corrected chi connectivity index (χ2v) is 9.90. The molecule has 0 aromatic rings. The standard InChI is InChI=1S/C11H24BFNO3PS/c1-6(2)16-5-8-10(9(13)11(12)17-8)14-18(15,19)7(3)4/h6-11H,5,12H2,1-4H3,(H2,14,15,19)/t8-,9+,10?,11-,18?/m1/s1. The number of rotatable bonds is 6. The summed E-state index contributed by atoms with van der Waals surface area (Å²) in [5.74, 6) is 0. The van der Waals surface area contributed by atoms with E-state index < -0.39 is 30.8 Å². The summed E-state index contributed by atoms with van der Waals surface area (Å²) >= 11 is 4.16. The fourth-order valence-electron chi connectivity index (χ4n) is 1.88. The molecule has 0 amide bonds. The summed E-state index contributed by atoms with van der Waals surface area (Å²) in [4.78, 5) is 0. The van der Waals surface area contributed by atoms with Crippen molar-refractivity contribution in [1.29, 1.82) is 0 Å². The van der Waals surface area contributed by atoms with Crippen molar-refractivity contribution in [2.45, 2.75) is 63.8 Å². The van der Waals surface area contributed by atoms with Crippen molar-refractivity contribution in [1.82, 2.24) is 5.09 Å². The lowest BCUT2D eigenvalue weighted by atomic mass is 9.93. The van der Waals surface area contributed by atoms with Gasteiger partial charge >= 0.3 is 0 Å². The number of hydrogen-bond donors (Lipinski definition) is 2. The van der Waals surface area contributed by atoms with Crippen LogP contribution >= 0.6 is 18.7 Å². The van der Waals surface area contributed by atoms with E-state index in [1.807, 2.05) is 13.8 Å². The smallest absolute Gasteiger partial charge is 0.200 e. The molecule has 1 aliphatic rings. The Bertz CT molecular complexity index is 348. The van der Waals surface area contributed by atoms with Gasteiger partial charge in [-0.15, -0.1) is 0 Å². The molecule has 0 radical (unpaired) electrons. The van der Waals surface area contributed by atoms with Crippen molar-refractivity contribution in [3.05, 3.63) is 0 Å². The zero-order valence-corrected chi connectivity index (χ0v) is 14.0. The van der Waals surface area contributed by atoms with E-state index in [4.69, 9.17) is 9.47 Å². The topological polar surface area (TPSA) is 47.6 Å². The Kier molecular flexibility index (Phi) is 6.40. The van der Waals surface area contributed by atoms with Crippen LogP contribution in [0.3, 0.4) is 0 Å². The maximum Gasteiger partial charge on any atom is 0.200 e. The highest BCUT2D eigenvalue weighted by Crippen LogP contribution is 2.52. The first-order valence-corrected chi connectivity index (χ1v) is 9.59. The van der Waals surface area contributed by atoms with Crippen molar-refractivity contribution < 1.29 is 18.4 Å². The number of halogens is 1. The van der Waals surface area contributed by atoms with E-state index in [-0.39, 0.29) is 18.4 Å². The lowest BCUT2D eigenvalue weighted by molar-refractivity contribution is -0.0212. The van der Waals surface area contributed by atoms with Gasteiger partial charge in [-0.3, -0.25) is 4.57 Å². The molecule has 4 nitrogen and oxygen atoms in total. The van der Waals surface area contributed by atoms with Gasteiger partial charge < -0.3 is 9.47 Å². The first-order chi connectivity index (χ1) is 8.65. The number of thiol groups is 1. The summed E-state index contributed by atoms with van der Waals surface area (Å²) in [7, 11) is 1.67. The van der Waals surface area contributed by atoms with Crippen molar-refractivity contribution in [2.24, 2.45) is 0 Å². The third kappa shape index (κ3) is 4.74. The fourth-order valence-corrected chi connectivity index (χ4v) is 3.31. The Morgan fingerprint density at radius 1 is 1.47 bits per heavy atom. The molecule has 1 N–H and O–H groups in total. The highest BCUT2D eigenvalue weighted by molar-refractivity contribution is 8.47. The highest BCUT2D eigenvalue weighted by Gasteiger charge is 2.45. The zero-order valence-electron chi connectivity index (χ0n) is 12.2. The summed E-state index contributed by atoms with van der Waals surface area (Å²) in [5, 5.41) is 2.85. The lowest BCUT2D eigenvalue weighted by Gasteiger charge is -2.27. The summed E-state index contributed by atoms with van der Waals surface area (Å²) in [6.45, 7) is 4.80. The SMILES string of the molecule is B[C@@H]1O[C@H](COC(C)C)C(NP(=O)(S)C(C)C)[C@@H]1F. The lowest BCUT2D eigenvalue weighted by Crippen LogP contribution is -2.43. The van der Waals surface area contributed by atoms with Crippen LogP contribution in [0.1, 0.15) is 27.7 Å². The molecule has 1 aliphatic heterocycles. The molecule has 8 heteroatoms. The number of hydrogen-bond acceptors (Lipinski definition) is 3. The molecule has 0 aliphatic carbocycles. The molecule has 0 aromatic heterocycles. The minimum Gasteiger partial charge on any atom is -0.377 e. The Balaban J connectivity index is 2.72. The van der Waals surface area contributed by atoms with E-state index in [9.17, 15) is 8.96 Å². The van der Waals surface area contributed by atoms with Gasteiger partial charge in [-0.1, -0.05) is 26.1 Å². The predicted octanol–water partition coefficient (Wildman–Crippen LogP) is 1.60. The largest absolute Gasteiger partial charge is 0.377 e. The number of alkyl halides is 1. The number of ether oxygens (including phenoxy) is 2. The van der Waals surface area contributed by atoms with Crippen molar-refractivity contribution >= 4 is 26.6 Å². The van der Waals surface area contributed by atoms with Crippen LogP contribution in [0, 0.1) is 0 Å². The summed E-state index contributed by atoms with van der Waals surface area (Å²) in [6, 6.07) is -1.17. The van der Waals surface area contributed by atoms with Crippen molar-refractivity contribution in [2.75, 3.05) is 6.61 Å². The highest BCUT2D eigenvalue weighted by atomic mass is 32.7. The summed E-state index contributed by atoms with van der Waals surface area (Å²) in [5.41, 5.74) is -0.161. The van der Waals surface area contributed by atoms with E-state index in [0.717, 1.165) is 0 Å². The quantitative estimate of drug-likeness (QED) is 0.444. The first kappa shape index (κ1) is 17.5. The predicted molar refractivity (Wildman–Crippen MR) is 81.8 cm³/mol. The van der Waals surface area contributed by atoms with Crippen LogP contribution in [-0.2, 0) is 14.0 Å². The van der Waals surface area contributed by atoms with Gasteiger partial charge in [-0.05, 0) is 13.8 Å². The summed E-state index contributed by atoms with van der Waals surface area (Å²) < 4.78 is 37.5. The average Bonchev–Trinajstić information content (AvgIpc) is 2.53. The Labute approximate surface area is 121 Å². The van der Waals surface area contributed by atoms with E-state index in [2.05, 4.69) is 17.3 Å². The Hall–Kier alpha value is 0.455. The third-order valence-electron chi connectivity index (χ3n) is 3.21. The molecular formula is C11H24BFNO3PS. The van der Waals surface area contributed by atoms with Crippen LogP contribution in [0.15, 0.2) is 0 Å². The van der Waals surface area contributed by atoms with Gasteiger partial charge in [-0.25, -0.2) is 9.48 Å². The van der Waals surface area contributed by atoms with Gasteiger partial charge in [0.15, 0.2) is 0 Å². The van der Waals surface area contributed by atoms with E-state index in [1.54, 1.807) is 21.7 Å². The van der Waals surface area contributed by atoms with Gasteiger partial charge in [-0.2, -0.15) is 0 Å². The first-order valence-electron chi connectivity index (χ1n) is 6.66. The number of nitrogens with one attached hydrogen (secondary N) is 1. The molecule has 0 spiro atoms. The molecule has 2 unspecified atom stereocenters. The minimum atomic E-state index is -2.89. The second kappa shape index (κ2) is 6.94. The van der Waals surface area contributed by atoms with Crippen LogP contribution in [0.4, 0.5) is 4.39 Å². The van der Waals surface area contributed by atoms with Crippen molar-refractivity contribution in [3.63, 3.8) is 0 Å². The fraction of sp³-hybridized carbons (Fsp3) is 1.00. The van der Waals surface area contributed by atoms with Crippen LogP contribution < -0.4 is 5.09 Å². The molecule has 0 bridgehead atoms. The Morgan fingerprint density at radius 2 is 2.05 bits per heavy atom. The van der Waals surface area contributed by atoms with Gasteiger partial charge in [0.1, 0.15) is 14.0 Å². The maximum absolute atomic E-state index is 14.2. The van der Waals surface area contributed by atoms with Crippen LogP contribution in [0.25, 0.3) is 0 Å². The summed E-state index contributed by atoms with van der Waals surface area (Å²) in [6.07, 6.45) is -1.60. The average molecular weight is 311 g/mol. The van der Waals surface area contributed by atoms with E-state index in [1.165, 1.54) is 0 Å². The molecule has 0 saturated carbocycles. The van der Waals surface area contributed by atoms with Crippen LogP contribution in [0.5, 0.6) is 0 Å². The molecule has 112 valence electrons. The molecule has 5 atom stereocenters. The third-order valence-corrected chi connectivity index (χ3v) is 7.01. The minimum absolute atomic E-state index is 0.0473. The molecule has 19 heavy (non-hydrogen) atoms. The molecule has 1 rings (SSSR count). The zero-order chi connectivity index (χ0) is 14.8. The molecule has 1 saturated heterocycles. The van der Waals surface area contributed by atoms with Gasteiger partial charge in [0.05, 0.1) is 30.9 Å². The van der Waals surface area contributed by atoms with Gasteiger partial charge in [0.2, 0.25) is 6.49 Å². The molecular weight excluding hydrogens is 287 g/mol. The second-order valence-electron chi connectivity index (χ2n) is 5.58. The van der Waals surface area contributed by atoms with E-state index in [0.29, 0.717) is 0 Å². The monoisotopic (exact) mass is 311 g/mol. The molecule has 0 aromatic carbocycles. The normalized spacial score (nSPS) is 34.9. The van der Waals surface area contributed by atoms with Crippen molar-refractivity contribution in [3.8, 4) is 0 Å². The molecule has 1 heterocycles. The van der Waals surface area contributed by atoms with Gasteiger partial charge in [0, 0.05) is 5.66 Å². The molecule has 1 fully saturated rings.